The largest absolute Gasteiger partial charge is 0.338 e. The molecule has 2 aromatic rings. The van der Waals surface area contributed by atoms with Gasteiger partial charge in [0, 0.05) is 5.92 Å². The molecule has 1 amide bonds. The summed E-state index contributed by atoms with van der Waals surface area (Å²) in [5.41, 5.74) is 1.19. The molecule has 1 aromatic carbocycles. The van der Waals surface area contributed by atoms with E-state index in [1.54, 1.807) is 30.3 Å². The van der Waals surface area contributed by atoms with Crippen molar-refractivity contribution in [1.29, 1.82) is 5.26 Å². The minimum Gasteiger partial charge on any atom is -0.338 e. The molecule has 118 valence electrons. The van der Waals surface area contributed by atoms with Gasteiger partial charge in [-0.25, -0.2) is 0 Å². The zero-order chi connectivity index (χ0) is 16.7. The van der Waals surface area contributed by atoms with E-state index in [1.807, 2.05) is 19.9 Å². The number of nitrogens with zero attached hydrogens (tertiary/aromatic N) is 3. The molecule has 0 unspecified atom stereocenters. The molecule has 6 heteroatoms. The molecule has 2 N–H and O–H groups in total. The standard InChI is InChI=1S/C17H19N5O/c1-3-12(4-2)17(23)20-16-10-9-15(21-22-16)19-14-8-6-5-7-13(14)11-18/h5-10,12H,3-4H2,1-2H3,(H,19,21)(H,20,22,23). The van der Waals surface area contributed by atoms with Crippen LogP contribution in [0, 0.1) is 17.2 Å². The van der Waals surface area contributed by atoms with E-state index < -0.39 is 0 Å². The van der Waals surface area contributed by atoms with Crippen molar-refractivity contribution < 1.29 is 4.79 Å². The molecule has 0 fully saturated rings. The number of hydrogen-bond acceptors (Lipinski definition) is 5. The number of carbonyl (C=O) groups is 1. The maximum Gasteiger partial charge on any atom is 0.228 e. The first-order valence-corrected chi connectivity index (χ1v) is 7.58. The van der Waals surface area contributed by atoms with Crippen molar-refractivity contribution in [2.45, 2.75) is 26.7 Å². The van der Waals surface area contributed by atoms with Crippen molar-refractivity contribution in [1.82, 2.24) is 10.2 Å². The van der Waals surface area contributed by atoms with Gasteiger partial charge in [0.05, 0.1) is 11.3 Å². The van der Waals surface area contributed by atoms with Gasteiger partial charge < -0.3 is 10.6 Å². The summed E-state index contributed by atoms with van der Waals surface area (Å²) in [4.78, 5) is 12.0. The minimum absolute atomic E-state index is 0.0166. The third kappa shape index (κ3) is 4.27. The van der Waals surface area contributed by atoms with Crippen LogP contribution in [0.3, 0.4) is 0 Å². The number of benzene rings is 1. The number of carbonyl (C=O) groups excluding carboxylic acids is 1. The van der Waals surface area contributed by atoms with Crippen molar-refractivity contribution in [2.75, 3.05) is 10.6 Å². The molecule has 0 spiro atoms. The van der Waals surface area contributed by atoms with Gasteiger partial charge in [-0.05, 0) is 37.1 Å². The maximum atomic E-state index is 12.0. The van der Waals surface area contributed by atoms with Crippen molar-refractivity contribution >= 4 is 23.2 Å². The Morgan fingerprint density at radius 3 is 2.39 bits per heavy atom. The van der Waals surface area contributed by atoms with Crippen LogP contribution in [0.25, 0.3) is 0 Å². The number of nitrogens with one attached hydrogen (secondary N) is 2. The van der Waals surface area contributed by atoms with Crippen molar-refractivity contribution in [2.24, 2.45) is 5.92 Å². The highest BCUT2D eigenvalue weighted by Gasteiger charge is 2.14. The Kier molecular flexibility index (Phi) is 5.64. The smallest absolute Gasteiger partial charge is 0.228 e. The van der Waals surface area contributed by atoms with E-state index >= 15 is 0 Å². The molecule has 1 aromatic heterocycles. The number of nitriles is 1. The zero-order valence-corrected chi connectivity index (χ0v) is 13.2. The first-order valence-electron chi connectivity index (χ1n) is 7.58. The predicted molar refractivity (Wildman–Crippen MR) is 89.2 cm³/mol. The highest BCUT2D eigenvalue weighted by molar-refractivity contribution is 5.91. The molecule has 2 rings (SSSR count). The third-order valence-electron chi connectivity index (χ3n) is 3.58. The number of hydrogen-bond donors (Lipinski definition) is 2. The molecule has 0 radical (unpaired) electrons. The molecule has 6 nitrogen and oxygen atoms in total. The molecule has 0 aliphatic carbocycles. The first kappa shape index (κ1) is 16.4. The minimum atomic E-state index is -0.0418. The second-order valence-corrected chi connectivity index (χ2v) is 5.09. The van der Waals surface area contributed by atoms with Crippen LogP contribution in [0.1, 0.15) is 32.3 Å². The van der Waals surface area contributed by atoms with E-state index in [-0.39, 0.29) is 11.8 Å². The average molecular weight is 309 g/mol. The van der Waals surface area contributed by atoms with Gasteiger partial charge in [-0.2, -0.15) is 5.26 Å². The Hall–Kier alpha value is -2.94. The van der Waals surface area contributed by atoms with E-state index in [4.69, 9.17) is 5.26 Å². The third-order valence-corrected chi connectivity index (χ3v) is 3.58. The highest BCUT2D eigenvalue weighted by atomic mass is 16.1. The number of anilines is 3. The lowest BCUT2D eigenvalue weighted by molar-refractivity contribution is -0.120. The van der Waals surface area contributed by atoms with Gasteiger partial charge >= 0.3 is 0 Å². The van der Waals surface area contributed by atoms with Crippen molar-refractivity contribution in [3.63, 3.8) is 0 Å². The Balaban J connectivity index is 2.05. The summed E-state index contributed by atoms with van der Waals surface area (Å²) in [6.07, 6.45) is 1.58. The van der Waals surface area contributed by atoms with E-state index in [9.17, 15) is 4.79 Å². The van der Waals surface area contributed by atoms with E-state index in [0.717, 1.165) is 12.8 Å². The summed E-state index contributed by atoms with van der Waals surface area (Å²) >= 11 is 0. The number of para-hydroxylation sites is 1. The first-order chi connectivity index (χ1) is 11.2. The molecule has 0 aliphatic heterocycles. The molecule has 0 saturated heterocycles. The fourth-order valence-corrected chi connectivity index (χ4v) is 2.18. The van der Waals surface area contributed by atoms with Crippen LogP contribution in [0.15, 0.2) is 36.4 Å². The van der Waals surface area contributed by atoms with E-state index in [1.165, 1.54) is 0 Å². The monoisotopic (exact) mass is 309 g/mol. The lowest BCUT2D eigenvalue weighted by Crippen LogP contribution is -2.22. The summed E-state index contributed by atoms with van der Waals surface area (Å²) in [7, 11) is 0. The summed E-state index contributed by atoms with van der Waals surface area (Å²) in [6, 6.07) is 12.7. The Bertz CT molecular complexity index is 702. The molecule has 23 heavy (non-hydrogen) atoms. The second kappa shape index (κ2) is 7.90. The maximum absolute atomic E-state index is 12.0. The van der Waals surface area contributed by atoms with Crippen LogP contribution in [-0.4, -0.2) is 16.1 Å². The Morgan fingerprint density at radius 2 is 1.78 bits per heavy atom. The van der Waals surface area contributed by atoms with Crippen LogP contribution < -0.4 is 10.6 Å². The van der Waals surface area contributed by atoms with Gasteiger partial charge in [0.25, 0.3) is 0 Å². The van der Waals surface area contributed by atoms with Gasteiger partial charge in [0.1, 0.15) is 6.07 Å². The fraction of sp³-hybridized carbons (Fsp3) is 0.294. The molecular formula is C17H19N5O. The lowest BCUT2D eigenvalue weighted by atomic mass is 10.0. The molecule has 1 heterocycles. The van der Waals surface area contributed by atoms with Gasteiger partial charge in [-0.15, -0.1) is 10.2 Å². The molecule has 0 bridgehead atoms. The van der Waals surface area contributed by atoms with Gasteiger partial charge in [0.15, 0.2) is 11.6 Å². The molecule has 0 atom stereocenters. The average Bonchev–Trinajstić information content (AvgIpc) is 2.58. The summed E-state index contributed by atoms with van der Waals surface area (Å²) < 4.78 is 0. The van der Waals surface area contributed by atoms with Crippen LogP contribution in [0.5, 0.6) is 0 Å². The van der Waals surface area contributed by atoms with Crippen LogP contribution in [0.4, 0.5) is 17.3 Å². The normalized spacial score (nSPS) is 10.2. The SMILES string of the molecule is CCC(CC)C(=O)Nc1ccc(Nc2ccccc2C#N)nn1. The summed E-state index contributed by atoms with van der Waals surface area (Å²) in [5, 5.41) is 22.9. The van der Waals surface area contributed by atoms with Crippen molar-refractivity contribution in [3.8, 4) is 6.07 Å². The molecule has 0 saturated carbocycles. The highest BCUT2D eigenvalue weighted by Crippen LogP contribution is 2.19. The zero-order valence-electron chi connectivity index (χ0n) is 13.2. The number of rotatable bonds is 6. The molecular weight excluding hydrogens is 290 g/mol. The van der Waals surface area contributed by atoms with Gasteiger partial charge in [-0.1, -0.05) is 26.0 Å². The molecule has 0 aliphatic rings. The predicted octanol–water partition coefficient (Wildman–Crippen LogP) is 3.47. The Labute approximate surface area is 135 Å². The van der Waals surface area contributed by atoms with E-state index in [2.05, 4.69) is 26.9 Å². The summed E-state index contributed by atoms with van der Waals surface area (Å²) in [5.74, 6) is 0.867. The van der Waals surface area contributed by atoms with Crippen molar-refractivity contribution in [3.05, 3.63) is 42.0 Å². The van der Waals surface area contributed by atoms with Crippen LogP contribution >= 0.6 is 0 Å². The number of aromatic nitrogens is 2. The van der Waals surface area contributed by atoms with Gasteiger partial charge in [0.2, 0.25) is 5.91 Å². The van der Waals surface area contributed by atoms with E-state index in [0.29, 0.717) is 22.9 Å². The topological polar surface area (TPSA) is 90.7 Å². The van der Waals surface area contributed by atoms with Gasteiger partial charge in [-0.3, -0.25) is 4.79 Å². The Morgan fingerprint density at radius 1 is 1.13 bits per heavy atom. The quantitative estimate of drug-likeness (QED) is 0.852. The fourth-order valence-electron chi connectivity index (χ4n) is 2.18. The van der Waals surface area contributed by atoms with Crippen LogP contribution in [-0.2, 0) is 4.79 Å². The number of amides is 1. The summed E-state index contributed by atoms with van der Waals surface area (Å²) in [6.45, 7) is 3.97. The lowest BCUT2D eigenvalue weighted by Gasteiger charge is -2.12. The second-order valence-electron chi connectivity index (χ2n) is 5.09. The van der Waals surface area contributed by atoms with Crippen LogP contribution in [0.2, 0.25) is 0 Å².